The number of benzene rings is 2. The fourth-order valence-corrected chi connectivity index (χ4v) is 2.99. The number of aryl methyl sites for hydroxylation is 1. The van der Waals surface area contributed by atoms with Crippen molar-refractivity contribution in [2.45, 2.75) is 19.4 Å². The minimum atomic E-state index is -0.665. The molecule has 0 fully saturated rings. The second-order valence-corrected chi connectivity index (χ2v) is 5.61. The van der Waals surface area contributed by atoms with E-state index < -0.39 is 6.10 Å². The number of rotatable bonds is 2. The summed E-state index contributed by atoms with van der Waals surface area (Å²) in [6.45, 7) is 2.72. The fourth-order valence-electron chi connectivity index (χ4n) is 2.50. The summed E-state index contributed by atoms with van der Waals surface area (Å²) in [5.74, 6) is 0.850. The van der Waals surface area contributed by atoms with Crippen LogP contribution in [0.4, 0.5) is 0 Å². The van der Waals surface area contributed by atoms with Gasteiger partial charge < -0.3 is 9.84 Å². The van der Waals surface area contributed by atoms with E-state index in [0.717, 1.165) is 33.3 Å². The number of halogens is 1. The number of ether oxygens (including phenoxy) is 1. The standard InChI is InChI=1S/C16H15BrO2/c1-10-4-2-6-12(14(10)17)15(18)13-7-3-5-11-8-9-19-16(11)13/h2-7,15,18H,8-9H2,1H3. The first kappa shape index (κ1) is 12.7. The third kappa shape index (κ3) is 2.17. The third-order valence-corrected chi connectivity index (χ3v) is 4.64. The van der Waals surface area contributed by atoms with Crippen LogP contribution in [-0.4, -0.2) is 11.7 Å². The number of aliphatic hydroxyl groups excluding tert-OH is 1. The van der Waals surface area contributed by atoms with Crippen molar-refractivity contribution in [2.24, 2.45) is 0 Å². The van der Waals surface area contributed by atoms with Gasteiger partial charge in [-0.05, 0) is 23.6 Å². The second kappa shape index (κ2) is 4.99. The molecule has 0 radical (unpaired) electrons. The van der Waals surface area contributed by atoms with Gasteiger partial charge in [-0.2, -0.15) is 0 Å². The van der Waals surface area contributed by atoms with Gasteiger partial charge in [0, 0.05) is 16.5 Å². The smallest absolute Gasteiger partial charge is 0.128 e. The summed E-state index contributed by atoms with van der Waals surface area (Å²) in [4.78, 5) is 0. The van der Waals surface area contributed by atoms with Crippen molar-refractivity contribution in [1.29, 1.82) is 0 Å². The molecule has 0 saturated heterocycles. The molecule has 1 aliphatic rings. The molecule has 3 rings (SSSR count). The molecule has 2 aromatic carbocycles. The molecule has 0 aliphatic carbocycles. The van der Waals surface area contributed by atoms with Crippen LogP contribution in [0.15, 0.2) is 40.9 Å². The SMILES string of the molecule is Cc1cccc(C(O)c2cccc3c2OCC3)c1Br. The summed E-state index contributed by atoms with van der Waals surface area (Å²) in [5, 5.41) is 10.7. The van der Waals surface area contributed by atoms with Crippen LogP contribution in [0.2, 0.25) is 0 Å². The minimum Gasteiger partial charge on any atom is -0.493 e. The quantitative estimate of drug-likeness (QED) is 0.913. The molecule has 0 aromatic heterocycles. The number of fused-ring (bicyclic) bond motifs is 1. The predicted molar refractivity (Wildman–Crippen MR) is 78.6 cm³/mol. The summed E-state index contributed by atoms with van der Waals surface area (Å²) >= 11 is 3.56. The van der Waals surface area contributed by atoms with Gasteiger partial charge in [-0.1, -0.05) is 52.3 Å². The van der Waals surface area contributed by atoms with Crippen LogP contribution in [0.5, 0.6) is 5.75 Å². The normalized spacial score (nSPS) is 14.9. The van der Waals surface area contributed by atoms with Crippen LogP contribution < -0.4 is 4.74 Å². The van der Waals surface area contributed by atoms with E-state index in [1.54, 1.807) is 0 Å². The Kier molecular flexibility index (Phi) is 3.33. The molecule has 1 aliphatic heterocycles. The topological polar surface area (TPSA) is 29.5 Å². The van der Waals surface area contributed by atoms with Crippen molar-refractivity contribution in [3.63, 3.8) is 0 Å². The zero-order chi connectivity index (χ0) is 13.4. The van der Waals surface area contributed by atoms with Gasteiger partial charge in [-0.15, -0.1) is 0 Å². The van der Waals surface area contributed by atoms with Crippen LogP contribution in [0.1, 0.15) is 28.4 Å². The monoisotopic (exact) mass is 318 g/mol. The Hall–Kier alpha value is -1.32. The average molecular weight is 319 g/mol. The molecule has 3 heteroatoms. The maximum absolute atomic E-state index is 10.7. The van der Waals surface area contributed by atoms with Gasteiger partial charge in [-0.25, -0.2) is 0 Å². The zero-order valence-electron chi connectivity index (χ0n) is 10.7. The van der Waals surface area contributed by atoms with Crippen LogP contribution in [0.25, 0.3) is 0 Å². The highest BCUT2D eigenvalue weighted by Crippen LogP contribution is 2.38. The van der Waals surface area contributed by atoms with Crippen molar-refractivity contribution in [3.8, 4) is 5.75 Å². The van der Waals surface area contributed by atoms with Gasteiger partial charge in [0.1, 0.15) is 11.9 Å². The number of hydrogen-bond donors (Lipinski definition) is 1. The molecule has 1 unspecified atom stereocenters. The van der Waals surface area contributed by atoms with E-state index in [4.69, 9.17) is 4.74 Å². The molecule has 2 nitrogen and oxygen atoms in total. The summed E-state index contributed by atoms with van der Waals surface area (Å²) in [7, 11) is 0. The first-order chi connectivity index (χ1) is 9.18. The lowest BCUT2D eigenvalue weighted by Gasteiger charge is -2.17. The Morgan fingerprint density at radius 3 is 2.74 bits per heavy atom. The van der Waals surface area contributed by atoms with Gasteiger partial charge >= 0.3 is 0 Å². The van der Waals surface area contributed by atoms with Crippen LogP contribution in [0, 0.1) is 6.92 Å². The zero-order valence-corrected chi connectivity index (χ0v) is 12.3. The summed E-state index contributed by atoms with van der Waals surface area (Å²) < 4.78 is 6.62. The van der Waals surface area contributed by atoms with E-state index >= 15 is 0 Å². The van der Waals surface area contributed by atoms with E-state index in [1.807, 2.05) is 37.3 Å². The lowest BCUT2D eigenvalue weighted by Crippen LogP contribution is -2.03. The number of para-hydroxylation sites is 1. The summed E-state index contributed by atoms with van der Waals surface area (Å²) in [6.07, 6.45) is 0.257. The van der Waals surface area contributed by atoms with E-state index in [2.05, 4.69) is 22.0 Å². The van der Waals surface area contributed by atoms with Gasteiger partial charge in [0.05, 0.1) is 6.61 Å². The maximum Gasteiger partial charge on any atom is 0.128 e. The molecule has 0 amide bonds. The second-order valence-electron chi connectivity index (χ2n) is 4.81. The Morgan fingerprint density at radius 1 is 1.16 bits per heavy atom. The van der Waals surface area contributed by atoms with Crippen LogP contribution in [-0.2, 0) is 6.42 Å². The number of hydrogen-bond acceptors (Lipinski definition) is 2. The van der Waals surface area contributed by atoms with Gasteiger partial charge in [0.15, 0.2) is 0 Å². The summed E-state index contributed by atoms with van der Waals surface area (Å²) in [5.41, 5.74) is 4.02. The first-order valence-electron chi connectivity index (χ1n) is 6.36. The minimum absolute atomic E-state index is 0.665. The van der Waals surface area contributed by atoms with Gasteiger partial charge in [0.25, 0.3) is 0 Å². The molecule has 98 valence electrons. The fraction of sp³-hybridized carbons (Fsp3) is 0.250. The van der Waals surface area contributed by atoms with Crippen LogP contribution >= 0.6 is 15.9 Å². The first-order valence-corrected chi connectivity index (χ1v) is 7.15. The number of aliphatic hydroxyl groups is 1. The predicted octanol–water partition coefficient (Wildman–Crippen LogP) is 3.77. The molecule has 19 heavy (non-hydrogen) atoms. The molecule has 1 N–H and O–H groups in total. The van der Waals surface area contributed by atoms with E-state index in [9.17, 15) is 5.11 Å². The van der Waals surface area contributed by atoms with Crippen molar-refractivity contribution in [3.05, 3.63) is 63.1 Å². The maximum atomic E-state index is 10.7. The Labute approximate surface area is 121 Å². The Balaban J connectivity index is 2.08. The third-order valence-electron chi connectivity index (χ3n) is 3.56. The molecule has 0 saturated carbocycles. The van der Waals surface area contributed by atoms with Gasteiger partial charge in [-0.3, -0.25) is 0 Å². The highest BCUT2D eigenvalue weighted by Gasteiger charge is 2.23. The van der Waals surface area contributed by atoms with Crippen molar-refractivity contribution >= 4 is 15.9 Å². The Morgan fingerprint density at radius 2 is 1.89 bits per heavy atom. The average Bonchev–Trinajstić information content (AvgIpc) is 2.89. The molecule has 1 heterocycles. The highest BCUT2D eigenvalue weighted by atomic mass is 79.9. The summed E-state index contributed by atoms with van der Waals surface area (Å²) in [6, 6.07) is 11.9. The molecule has 0 spiro atoms. The largest absolute Gasteiger partial charge is 0.493 e. The molecular formula is C16H15BrO2. The van der Waals surface area contributed by atoms with E-state index in [1.165, 1.54) is 5.56 Å². The van der Waals surface area contributed by atoms with Crippen molar-refractivity contribution in [1.82, 2.24) is 0 Å². The lowest BCUT2D eigenvalue weighted by molar-refractivity contribution is 0.213. The van der Waals surface area contributed by atoms with Crippen molar-refractivity contribution < 1.29 is 9.84 Å². The van der Waals surface area contributed by atoms with E-state index in [0.29, 0.717) is 6.61 Å². The molecule has 1 atom stereocenters. The van der Waals surface area contributed by atoms with E-state index in [-0.39, 0.29) is 0 Å². The van der Waals surface area contributed by atoms with Gasteiger partial charge in [0.2, 0.25) is 0 Å². The lowest BCUT2D eigenvalue weighted by atomic mass is 9.97. The molecular weight excluding hydrogens is 304 g/mol. The molecule has 2 aromatic rings. The van der Waals surface area contributed by atoms with Crippen molar-refractivity contribution in [2.75, 3.05) is 6.61 Å². The highest BCUT2D eigenvalue weighted by molar-refractivity contribution is 9.10. The molecule has 0 bridgehead atoms. The Bertz CT molecular complexity index is 622. The van der Waals surface area contributed by atoms with Crippen LogP contribution in [0.3, 0.4) is 0 Å².